The summed E-state index contributed by atoms with van der Waals surface area (Å²) in [5.74, 6) is -3.58. The molecule has 0 saturated heterocycles. The van der Waals surface area contributed by atoms with Gasteiger partial charge in [-0.15, -0.1) is 0 Å². The highest BCUT2D eigenvalue weighted by molar-refractivity contribution is 6.39. The molecule has 1 aliphatic carbocycles. The molecule has 3 amide bonds. The van der Waals surface area contributed by atoms with Crippen molar-refractivity contribution >= 4 is 58.6 Å². The first-order chi connectivity index (χ1) is 25.6. The maximum Gasteiger partial charge on any atom is 0.422 e. The number of esters is 1. The van der Waals surface area contributed by atoms with E-state index in [0.29, 0.717) is 29.2 Å². The number of aromatic nitrogens is 3. The number of methoxy groups -OCH3 is 1. The van der Waals surface area contributed by atoms with Gasteiger partial charge in [0.25, 0.3) is 5.91 Å². The maximum absolute atomic E-state index is 13.1. The lowest BCUT2D eigenvalue weighted by Gasteiger charge is -2.19. The second kappa shape index (κ2) is 16.8. The number of carbonyl (C=O) groups is 4. The van der Waals surface area contributed by atoms with Crippen LogP contribution in [0.5, 0.6) is 6.01 Å². The van der Waals surface area contributed by atoms with Gasteiger partial charge >= 0.3 is 30.0 Å². The van der Waals surface area contributed by atoms with Crippen molar-refractivity contribution in [2.24, 2.45) is 0 Å². The third-order valence-electron chi connectivity index (χ3n) is 8.16. The minimum atomic E-state index is -4.64. The molecule has 0 radical (unpaired) electrons. The van der Waals surface area contributed by atoms with Crippen molar-refractivity contribution in [2.45, 2.75) is 50.4 Å². The van der Waals surface area contributed by atoms with Gasteiger partial charge in [0.15, 0.2) is 6.61 Å². The Morgan fingerprint density at radius 2 is 1.57 bits per heavy atom. The summed E-state index contributed by atoms with van der Waals surface area (Å²) in [5.41, 5.74) is 2.13. The molecule has 3 aromatic carbocycles. The molecule has 0 spiro atoms. The maximum atomic E-state index is 13.1. The average molecular weight is 769 g/mol. The quantitative estimate of drug-likeness (QED) is 0.0811. The molecule has 1 fully saturated rings. The van der Waals surface area contributed by atoms with E-state index in [4.69, 9.17) is 21.1 Å². The lowest BCUT2D eigenvalue weighted by atomic mass is 10.0. The summed E-state index contributed by atoms with van der Waals surface area (Å²) < 4.78 is 48.4. The van der Waals surface area contributed by atoms with Crippen molar-refractivity contribution in [3.8, 4) is 6.01 Å². The van der Waals surface area contributed by atoms with Gasteiger partial charge in [-0.25, -0.2) is 4.79 Å². The number of nitrogens with zero attached hydrogens (tertiary/aromatic N) is 3. The normalized spacial score (nSPS) is 13.6. The average Bonchev–Trinajstić information content (AvgIpc) is 3.92. The zero-order valence-corrected chi connectivity index (χ0v) is 30.0. The van der Waals surface area contributed by atoms with Gasteiger partial charge in [0.1, 0.15) is 6.04 Å². The summed E-state index contributed by atoms with van der Waals surface area (Å²) in [5, 5.41) is 13.9. The molecular weight excluding hydrogens is 733 g/mol. The summed E-state index contributed by atoms with van der Waals surface area (Å²) in [6, 6.07) is 17.9. The van der Waals surface area contributed by atoms with Gasteiger partial charge in [0.2, 0.25) is 11.9 Å². The highest BCUT2D eigenvalue weighted by atomic mass is 35.5. The highest BCUT2D eigenvalue weighted by Gasteiger charge is 2.45. The minimum Gasteiger partial charge on any atom is -0.467 e. The Labute approximate surface area is 312 Å². The number of carbonyl (C=O) groups excluding carboxylic acids is 4. The smallest absolute Gasteiger partial charge is 0.422 e. The highest BCUT2D eigenvalue weighted by Crippen LogP contribution is 2.48. The zero-order valence-electron chi connectivity index (χ0n) is 29.2. The van der Waals surface area contributed by atoms with Crippen LogP contribution in [-0.2, 0) is 24.7 Å². The van der Waals surface area contributed by atoms with Crippen LogP contribution in [0.25, 0.3) is 0 Å². The fourth-order valence-corrected chi connectivity index (χ4v) is 5.25. The molecule has 1 saturated carbocycles. The number of amides is 3. The first-order valence-electron chi connectivity index (χ1n) is 16.6. The molecule has 5 N–H and O–H groups in total. The second-order valence-corrected chi connectivity index (χ2v) is 13.0. The molecule has 284 valence electrons. The molecule has 14 nitrogen and oxygen atoms in total. The van der Waals surface area contributed by atoms with Crippen LogP contribution >= 0.6 is 11.6 Å². The number of halogens is 4. The standard InChI is InChI=1S/C36H36ClF3N8O6/c1-20(2)22-5-4-6-26(17-22)42-30(51)29(50)41-18-27(31(52)53-3)44-28(49)21-7-13-25(14-8-21)43-32-45-33(47-34(46-32)54-19-36(38,39)40)48-35(15-16-35)23-9-11-24(37)12-10-23/h4-14,17,20,27H,15-16,18-19H2,1-3H3,(H,41,50)(H,42,51)(H,44,49)(H2,43,45,46,47,48)/t27-/m0/s1. The second-order valence-electron chi connectivity index (χ2n) is 12.6. The Bertz CT molecular complexity index is 1990. The molecule has 4 aromatic rings. The number of ether oxygens (including phenoxy) is 2. The van der Waals surface area contributed by atoms with Crippen LogP contribution in [0.3, 0.4) is 0 Å². The van der Waals surface area contributed by atoms with Crippen molar-refractivity contribution in [3.63, 3.8) is 0 Å². The van der Waals surface area contributed by atoms with Gasteiger partial charge in [0, 0.05) is 28.5 Å². The van der Waals surface area contributed by atoms with Crippen LogP contribution in [-0.4, -0.2) is 71.1 Å². The molecular formula is C36H36ClF3N8O6. The fraction of sp³-hybridized carbons (Fsp3) is 0.306. The molecule has 1 aliphatic rings. The van der Waals surface area contributed by atoms with Gasteiger partial charge < -0.3 is 36.1 Å². The van der Waals surface area contributed by atoms with E-state index in [1.54, 1.807) is 30.3 Å². The Kier molecular flexibility index (Phi) is 12.2. The number of hydrogen-bond donors (Lipinski definition) is 5. The lowest BCUT2D eigenvalue weighted by Crippen LogP contribution is -2.50. The summed E-state index contributed by atoms with van der Waals surface area (Å²) >= 11 is 6.03. The first kappa shape index (κ1) is 39.2. The summed E-state index contributed by atoms with van der Waals surface area (Å²) in [7, 11) is 1.10. The van der Waals surface area contributed by atoms with Crippen LogP contribution < -0.4 is 31.3 Å². The Balaban J connectivity index is 1.23. The number of hydrogen-bond acceptors (Lipinski definition) is 11. The first-order valence-corrected chi connectivity index (χ1v) is 17.0. The molecule has 1 atom stereocenters. The Hall–Kier alpha value is -5.97. The SMILES string of the molecule is COC(=O)[C@H](CNC(=O)C(=O)Nc1cccc(C(C)C)c1)NC(=O)c1ccc(Nc2nc(NC3(c4ccc(Cl)cc4)CC3)nc(OCC(F)(F)F)n2)cc1. The topological polar surface area (TPSA) is 186 Å². The van der Waals surface area contributed by atoms with Gasteiger partial charge in [-0.2, -0.15) is 28.1 Å². The van der Waals surface area contributed by atoms with E-state index in [-0.39, 0.29) is 23.4 Å². The molecule has 5 rings (SSSR count). The molecule has 0 aliphatic heterocycles. The molecule has 1 aromatic heterocycles. The minimum absolute atomic E-state index is 0.0353. The largest absolute Gasteiger partial charge is 0.467 e. The predicted molar refractivity (Wildman–Crippen MR) is 193 cm³/mol. The molecule has 0 unspecified atom stereocenters. The van der Waals surface area contributed by atoms with E-state index >= 15 is 0 Å². The Morgan fingerprint density at radius 3 is 2.20 bits per heavy atom. The van der Waals surface area contributed by atoms with Gasteiger partial charge in [-0.3, -0.25) is 14.4 Å². The summed E-state index contributed by atoms with van der Waals surface area (Å²) in [4.78, 5) is 62.9. The zero-order chi connectivity index (χ0) is 39.0. The van der Waals surface area contributed by atoms with Crippen molar-refractivity contribution in [1.82, 2.24) is 25.6 Å². The van der Waals surface area contributed by atoms with Gasteiger partial charge in [-0.1, -0.05) is 49.7 Å². The summed E-state index contributed by atoms with van der Waals surface area (Å²) in [6.45, 7) is 1.89. The van der Waals surface area contributed by atoms with E-state index in [1.807, 2.05) is 32.0 Å². The fourth-order valence-electron chi connectivity index (χ4n) is 5.12. The van der Waals surface area contributed by atoms with Crippen LogP contribution in [0.1, 0.15) is 54.1 Å². The third-order valence-corrected chi connectivity index (χ3v) is 8.41. The lowest BCUT2D eigenvalue weighted by molar-refractivity contribution is -0.154. The van der Waals surface area contributed by atoms with E-state index < -0.39 is 60.6 Å². The van der Waals surface area contributed by atoms with Crippen LogP contribution in [0.2, 0.25) is 5.02 Å². The van der Waals surface area contributed by atoms with E-state index in [2.05, 4.69) is 41.5 Å². The van der Waals surface area contributed by atoms with Crippen molar-refractivity contribution in [1.29, 1.82) is 0 Å². The van der Waals surface area contributed by atoms with Crippen molar-refractivity contribution in [3.05, 3.63) is 94.5 Å². The number of benzene rings is 3. The monoisotopic (exact) mass is 768 g/mol. The number of alkyl halides is 3. The molecule has 18 heteroatoms. The molecule has 54 heavy (non-hydrogen) atoms. The Morgan fingerprint density at radius 1 is 0.889 bits per heavy atom. The van der Waals surface area contributed by atoms with Gasteiger partial charge in [0.05, 0.1) is 12.6 Å². The van der Waals surface area contributed by atoms with Crippen LogP contribution in [0, 0.1) is 0 Å². The van der Waals surface area contributed by atoms with E-state index in [9.17, 15) is 32.3 Å². The number of anilines is 4. The van der Waals surface area contributed by atoms with E-state index in [1.165, 1.54) is 24.3 Å². The van der Waals surface area contributed by atoms with E-state index in [0.717, 1.165) is 18.2 Å². The number of rotatable bonds is 14. The van der Waals surface area contributed by atoms with Crippen molar-refractivity contribution < 1.29 is 41.8 Å². The predicted octanol–water partition coefficient (Wildman–Crippen LogP) is 5.46. The van der Waals surface area contributed by atoms with Crippen LogP contribution in [0.15, 0.2) is 72.8 Å². The van der Waals surface area contributed by atoms with Crippen LogP contribution in [0.4, 0.5) is 36.4 Å². The third kappa shape index (κ3) is 10.8. The molecule has 0 bridgehead atoms. The molecule has 1 heterocycles. The van der Waals surface area contributed by atoms with Crippen molar-refractivity contribution in [2.75, 3.05) is 36.2 Å². The summed E-state index contributed by atoms with van der Waals surface area (Å²) in [6.07, 6.45) is -3.23. The van der Waals surface area contributed by atoms with Gasteiger partial charge in [-0.05, 0) is 78.4 Å². The number of nitrogens with one attached hydrogen (secondary N) is 5.